The first-order chi connectivity index (χ1) is 12.5. The molecule has 0 bridgehead atoms. The zero-order valence-electron chi connectivity index (χ0n) is 13.7. The van der Waals surface area contributed by atoms with E-state index in [1.54, 1.807) is 6.07 Å². The third kappa shape index (κ3) is 4.33. The molecule has 0 atom stereocenters. The van der Waals surface area contributed by atoms with Crippen LogP contribution in [0.3, 0.4) is 0 Å². The normalized spacial score (nSPS) is 10.7. The first-order valence-electron chi connectivity index (χ1n) is 8.00. The summed E-state index contributed by atoms with van der Waals surface area (Å²) in [5, 5.41) is 6.98. The van der Waals surface area contributed by atoms with Crippen LogP contribution in [-0.4, -0.2) is 29.0 Å². The molecule has 1 aromatic carbocycles. The van der Waals surface area contributed by atoms with Crippen LogP contribution in [0.1, 0.15) is 16.8 Å². The average Bonchev–Trinajstić information content (AvgIpc) is 2.63. The second kappa shape index (κ2) is 8.21. The van der Waals surface area contributed by atoms with E-state index in [9.17, 15) is 9.59 Å². The Morgan fingerprint density at radius 3 is 2.77 bits per heavy atom. The molecule has 3 rings (SSSR count). The highest BCUT2D eigenvalue weighted by Gasteiger charge is 2.08. The summed E-state index contributed by atoms with van der Waals surface area (Å²) in [4.78, 5) is 31.1. The van der Waals surface area contributed by atoms with Crippen molar-refractivity contribution >= 4 is 45.8 Å². The first kappa shape index (κ1) is 18.2. The zero-order chi connectivity index (χ0) is 18.5. The van der Waals surface area contributed by atoms with Gasteiger partial charge in [-0.05, 0) is 24.6 Å². The maximum atomic E-state index is 12.0. The Balaban J connectivity index is 1.49. The van der Waals surface area contributed by atoms with Crippen LogP contribution in [0.5, 0.6) is 0 Å². The third-order valence-electron chi connectivity index (χ3n) is 3.75. The van der Waals surface area contributed by atoms with Crippen molar-refractivity contribution in [1.29, 1.82) is 0 Å². The molecule has 0 saturated heterocycles. The number of rotatable bonds is 6. The molecule has 3 N–H and O–H groups in total. The molecule has 0 radical (unpaired) electrons. The quantitative estimate of drug-likeness (QED) is 0.444. The summed E-state index contributed by atoms with van der Waals surface area (Å²) in [6, 6.07) is 10.3. The Morgan fingerprint density at radius 1 is 1.15 bits per heavy atom. The summed E-state index contributed by atoms with van der Waals surface area (Å²) < 4.78 is 0. The predicted octanol–water partition coefficient (Wildman–Crippen LogP) is 3.46. The number of carbonyl (C=O) groups is 1. The van der Waals surface area contributed by atoms with Crippen LogP contribution in [0.2, 0.25) is 10.2 Å². The van der Waals surface area contributed by atoms with Gasteiger partial charge >= 0.3 is 0 Å². The van der Waals surface area contributed by atoms with Gasteiger partial charge in [0.25, 0.3) is 5.91 Å². The fourth-order valence-corrected chi connectivity index (χ4v) is 2.72. The van der Waals surface area contributed by atoms with Gasteiger partial charge in [-0.1, -0.05) is 35.3 Å². The first-order valence-corrected chi connectivity index (χ1v) is 8.75. The van der Waals surface area contributed by atoms with E-state index in [0.717, 1.165) is 5.52 Å². The maximum absolute atomic E-state index is 12.0. The van der Waals surface area contributed by atoms with Crippen LogP contribution >= 0.6 is 23.2 Å². The number of nitrogens with one attached hydrogen (secondary N) is 3. The molecular formula is C18H16Cl2N4O2. The van der Waals surface area contributed by atoms with Crippen molar-refractivity contribution in [2.24, 2.45) is 0 Å². The van der Waals surface area contributed by atoms with Gasteiger partial charge < -0.3 is 15.6 Å². The SMILES string of the molecule is O=C(NCCCNc1cc(=O)c2ccccc2[nH]1)c1cnc(Cl)c(Cl)c1. The van der Waals surface area contributed by atoms with Crippen LogP contribution in [0.4, 0.5) is 5.82 Å². The van der Waals surface area contributed by atoms with Crippen molar-refractivity contribution in [2.45, 2.75) is 6.42 Å². The lowest BCUT2D eigenvalue weighted by molar-refractivity contribution is 0.0953. The number of para-hydroxylation sites is 1. The van der Waals surface area contributed by atoms with E-state index in [2.05, 4.69) is 20.6 Å². The second-order valence-corrected chi connectivity index (χ2v) is 6.39. The van der Waals surface area contributed by atoms with Crippen molar-refractivity contribution in [3.05, 3.63) is 68.6 Å². The maximum Gasteiger partial charge on any atom is 0.252 e. The van der Waals surface area contributed by atoms with Crippen LogP contribution < -0.4 is 16.1 Å². The number of amides is 1. The lowest BCUT2D eigenvalue weighted by atomic mass is 10.2. The molecule has 0 unspecified atom stereocenters. The number of pyridine rings is 2. The van der Waals surface area contributed by atoms with Crippen molar-refractivity contribution in [1.82, 2.24) is 15.3 Å². The lowest BCUT2D eigenvalue weighted by Gasteiger charge is -2.09. The minimum atomic E-state index is -0.268. The van der Waals surface area contributed by atoms with E-state index in [-0.39, 0.29) is 21.5 Å². The molecule has 3 aromatic rings. The molecule has 0 saturated carbocycles. The highest BCUT2D eigenvalue weighted by Crippen LogP contribution is 2.19. The Kier molecular flexibility index (Phi) is 5.75. The van der Waals surface area contributed by atoms with Gasteiger partial charge in [0.1, 0.15) is 11.0 Å². The number of hydrogen-bond acceptors (Lipinski definition) is 4. The number of aromatic nitrogens is 2. The van der Waals surface area contributed by atoms with E-state index < -0.39 is 0 Å². The number of carbonyl (C=O) groups excluding carboxylic acids is 1. The number of aromatic amines is 1. The van der Waals surface area contributed by atoms with Gasteiger partial charge in [-0.3, -0.25) is 9.59 Å². The largest absolute Gasteiger partial charge is 0.371 e. The molecule has 134 valence electrons. The number of hydrogen-bond donors (Lipinski definition) is 3. The molecule has 8 heteroatoms. The van der Waals surface area contributed by atoms with Crippen molar-refractivity contribution in [3.63, 3.8) is 0 Å². The minimum Gasteiger partial charge on any atom is -0.371 e. The fourth-order valence-electron chi connectivity index (χ4n) is 2.45. The summed E-state index contributed by atoms with van der Waals surface area (Å²) in [6.45, 7) is 1.05. The van der Waals surface area contributed by atoms with Crippen LogP contribution in [-0.2, 0) is 0 Å². The molecule has 0 fully saturated rings. The molecule has 1 amide bonds. The number of benzene rings is 1. The van der Waals surface area contributed by atoms with E-state index in [1.165, 1.54) is 18.3 Å². The Bertz CT molecular complexity index is 1000. The minimum absolute atomic E-state index is 0.0396. The number of H-pyrrole nitrogens is 1. The smallest absolute Gasteiger partial charge is 0.252 e. The van der Waals surface area contributed by atoms with Gasteiger partial charge in [0.05, 0.1) is 16.1 Å². The van der Waals surface area contributed by atoms with Gasteiger partial charge in [0, 0.05) is 30.7 Å². The molecule has 2 heterocycles. The monoisotopic (exact) mass is 390 g/mol. The van der Waals surface area contributed by atoms with E-state index >= 15 is 0 Å². The molecular weight excluding hydrogens is 375 g/mol. The molecule has 0 aliphatic heterocycles. The van der Waals surface area contributed by atoms with Crippen LogP contribution in [0.15, 0.2) is 47.4 Å². The highest BCUT2D eigenvalue weighted by atomic mass is 35.5. The highest BCUT2D eigenvalue weighted by molar-refractivity contribution is 6.41. The average molecular weight is 391 g/mol. The van der Waals surface area contributed by atoms with Gasteiger partial charge in [0.2, 0.25) is 0 Å². The predicted molar refractivity (Wildman–Crippen MR) is 104 cm³/mol. The molecule has 6 nitrogen and oxygen atoms in total. The van der Waals surface area contributed by atoms with Gasteiger partial charge in [0.15, 0.2) is 5.43 Å². The molecule has 26 heavy (non-hydrogen) atoms. The third-order valence-corrected chi connectivity index (χ3v) is 4.44. The summed E-state index contributed by atoms with van der Waals surface area (Å²) in [5.41, 5.74) is 1.09. The summed E-state index contributed by atoms with van der Waals surface area (Å²) in [5.74, 6) is 0.379. The van der Waals surface area contributed by atoms with Gasteiger partial charge in [-0.15, -0.1) is 0 Å². The lowest BCUT2D eigenvalue weighted by Crippen LogP contribution is -2.26. The Morgan fingerprint density at radius 2 is 1.96 bits per heavy atom. The number of anilines is 1. The van der Waals surface area contributed by atoms with E-state index in [1.807, 2.05) is 18.2 Å². The zero-order valence-corrected chi connectivity index (χ0v) is 15.2. The van der Waals surface area contributed by atoms with Crippen molar-refractivity contribution < 1.29 is 4.79 Å². The molecule has 0 aliphatic rings. The number of halogens is 2. The van der Waals surface area contributed by atoms with Gasteiger partial charge in [-0.2, -0.15) is 0 Å². The van der Waals surface area contributed by atoms with Crippen molar-refractivity contribution in [2.75, 3.05) is 18.4 Å². The molecule has 0 aliphatic carbocycles. The summed E-state index contributed by atoms with van der Waals surface area (Å²) in [6.07, 6.45) is 2.05. The number of nitrogens with zero attached hydrogens (tertiary/aromatic N) is 1. The van der Waals surface area contributed by atoms with Crippen LogP contribution in [0, 0.1) is 0 Å². The van der Waals surface area contributed by atoms with Crippen molar-refractivity contribution in [3.8, 4) is 0 Å². The number of fused-ring (bicyclic) bond motifs is 1. The summed E-state index contributed by atoms with van der Waals surface area (Å²) >= 11 is 11.6. The summed E-state index contributed by atoms with van der Waals surface area (Å²) in [7, 11) is 0. The van der Waals surface area contributed by atoms with Gasteiger partial charge in [-0.25, -0.2) is 4.98 Å². The van der Waals surface area contributed by atoms with Crippen LogP contribution in [0.25, 0.3) is 10.9 Å². The molecule has 2 aromatic heterocycles. The Hall–Kier alpha value is -2.57. The second-order valence-electron chi connectivity index (χ2n) is 5.63. The molecule has 0 spiro atoms. The fraction of sp³-hybridized carbons (Fsp3) is 0.167. The van der Waals surface area contributed by atoms with E-state index in [0.29, 0.717) is 36.3 Å². The van der Waals surface area contributed by atoms with E-state index in [4.69, 9.17) is 23.2 Å². The standard InChI is InChI=1S/C18H16Cl2N4O2/c19-13-8-11(10-23-17(13)20)18(26)22-7-3-6-21-16-9-15(25)12-4-1-2-5-14(12)24-16/h1-2,4-5,8-10H,3,6-7H2,(H,22,26)(H2,21,24,25). The topological polar surface area (TPSA) is 86.9 Å². The Labute approximate surface area is 159 Å².